The molecular weight excluding hydrogens is 488 g/mol. The molecule has 0 bridgehead atoms. The number of ketones is 1. The van der Waals surface area contributed by atoms with Crippen LogP contribution in [-0.4, -0.2) is 53.1 Å². The number of amides is 1. The fraction of sp³-hybridized carbons (Fsp3) is 0.455. The number of benzene rings is 1. The van der Waals surface area contributed by atoms with Crippen LogP contribution in [0.25, 0.3) is 0 Å². The van der Waals surface area contributed by atoms with Gasteiger partial charge in [0.05, 0.1) is 29.3 Å². The van der Waals surface area contributed by atoms with Crippen molar-refractivity contribution >= 4 is 53.9 Å². The van der Waals surface area contributed by atoms with Crippen LogP contribution in [0.15, 0.2) is 30.5 Å². The van der Waals surface area contributed by atoms with Gasteiger partial charge in [-0.05, 0) is 30.5 Å². The Labute approximate surface area is 207 Å². The van der Waals surface area contributed by atoms with E-state index in [1.165, 1.54) is 18.2 Å². The molecule has 184 valence electrons. The second kappa shape index (κ2) is 11.7. The number of carboxylic acid groups (broad SMARTS) is 1. The molecule has 1 aromatic carbocycles. The number of carbonyl (C=O) groups excluding carboxylic acids is 3. The van der Waals surface area contributed by atoms with Crippen LogP contribution in [0.5, 0.6) is 0 Å². The summed E-state index contributed by atoms with van der Waals surface area (Å²) in [7, 11) is -1.20. The number of hydrogen-bond donors (Lipinski definition) is 3. The average molecular weight is 514 g/mol. The van der Waals surface area contributed by atoms with Crippen molar-refractivity contribution in [2.75, 3.05) is 6.54 Å². The van der Waals surface area contributed by atoms with Gasteiger partial charge in [0.25, 0.3) is 5.91 Å². The van der Waals surface area contributed by atoms with Crippen molar-refractivity contribution in [1.29, 1.82) is 0 Å². The van der Waals surface area contributed by atoms with Crippen LogP contribution in [0, 0.1) is 5.92 Å². The summed E-state index contributed by atoms with van der Waals surface area (Å²) in [6.07, 6.45) is -0.877. The van der Waals surface area contributed by atoms with E-state index in [0.29, 0.717) is 11.4 Å². The van der Waals surface area contributed by atoms with Gasteiger partial charge in [0.1, 0.15) is 0 Å². The highest BCUT2D eigenvalue weighted by Crippen LogP contribution is 2.38. The van der Waals surface area contributed by atoms with Crippen LogP contribution in [0.3, 0.4) is 0 Å². The minimum Gasteiger partial charge on any atom is -0.513 e. The van der Waals surface area contributed by atoms with Gasteiger partial charge in [0.2, 0.25) is 0 Å². The largest absolute Gasteiger partial charge is 0.531 e. The fourth-order valence-corrected chi connectivity index (χ4v) is 4.15. The van der Waals surface area contributed by atoms with Crippen molar-refractivity contribution in [3.05, 3.63) is 46.1 Å². The van der Waals surface area contributed by atoms with E-state index >= 15 is 0 Å². The number of Topliss-reactive ketones (excluding diaryl/α,β-unsaturated/α-hetero) is 1. The van der Waals surface area contributed by atoms with Crippen molar-refractivity contribution in [3.8, 4) is 0 Å². The first kappa shape index (κ1) is 27.7. The quantitative estimate of drug-likeness (QED) is 0.283. The maximum atomic E-state index is 12.7. The molecule has 0 saturated carbocycles. The molecule has 1 saturated heterocycles. The van der Waals surface area contributed by atoms with Crippen molar-refractivity contribution < 1.29 is 38.7 Å². The van der Waals surface area contributed by atoms with Crippen molar-refractivity contribution in [2.24, 2.45) is 5.92 Å². The smallest absolute Gasteiger partial charge is 0.513 e. The number of carbonyl (C=O) groups is 4. The lowest BCUT2D eigenvalue weighted by atomic mass is 9.65. The number of halogens is 2. The van der Waals surface area contributed by atoms with Gasteiger partial charge in [-0.3, -0.25) is 19.2 Å². The number of rotatable bonds is 12. The minimum absolute atomic E-state index is 0.0854. The molecule has 0 radical (unpaired) electrons. The maximum Gasteiger partial charge on any atom is 0.531 e. The van der Waals surface area contributed by atoms with Gasteiger partial charge in [-0.15, -0.1) is 0 Å². The van der Waals surface area contributed by atoms with E-state index in [9.17, 15) is 29.4 Å². The predicted octanol–water partition coefficient (Wildman–Crippen LogP) is 3.84. The molecule has 1 aliphatic rings. The summed E-state index contributed by atoms with van der Waals surface area (Å²) in [5.41, 5.74) is -1.81. The first-order valence-electron chi connectivity index (χ1n) is 10.6. The fourth-order valence-electron chi connectivity index (χ4n) is 3.77. The number of aliphatic hydroxyl groups excluding tert-OH is 1. The molecular formula is C22H26BCl2NO8. The van der Waals surface area contributed by atoms with E-state index in [-0.39, 0.29) is 35.3 Å². The van der Waals surface area contributed by atoms with E-state index in [0.717, 1.165) is 0 Å². The highest BCUT2D eigenvalue weighted by Gasteiger charge is 2.56. The van der Waals surface area contributed by atoms with Crippen LogP contribution in [0.1, 0.15) is 49.9 Å². The molecule has 2 atom stereocenters. The second-order valence-corrected chi connectivity index (χ2v) is 9.48. The van der Waals surface area contributed by atoms with Crippen molar-refractivity contribution in [1.82, 2.24) is 5.32 Å². The first-order valence-corrected chi connectivity index (χ1v) is 11.3. The Morgan fingerprint density at radius 2 is 1.88 bits per heavy atom. The molecule has 12 heteroatoms. The molecule has 1 amide bonds. The number of hydrogen-bond acceptors (Lipinski definition) is 7. The van der Waals surface area contributed by atoms with E-state index in [1.807, 2.05) is 13.8 Å². The summed E-state index contributed by atoms with van der Waals surface area (Å²) in [6, 6.07) is 4.38. The van der Waals surface area contributed by atoms with Gasteiger partial charge in [0, 0.05) is 23.7 Å². The van der Waals surface area contributed by atoms with E-state index in [4.69, 9.17) is 32.5 Å². The summed E-state index contributed by atoms with van der Waals surface area (Å²) in [4.78, 5) is 48.9. The summed E-state index contributed by atoms with van der Waals surface area (Å²) < 4.78 is 11.0. The highest BCUT2D eigenvalue weighted by atomic mass is 35.5. The number of aliphatic hydroxyl groups is 1. The molecule has 2 rings (SSSR count). The number of nitrogens with one attached hydrogen (secondary N) is 1. The topological polar surface area (TPSA) is 139 Å². The molecule has 1 fully saturated rings. The summed E-state index contributed by atoms with van der Waals surface area (Å²) in [5.74, 6) is -4.16. The zero-order valence-corrected chi connectivity index (χ0v) is 20.3. The Morgan fingerprint density at radius 3 is 2.47 bits per heavy atom. The third-order valence-electron chi connectivity index (χ3n) is 5.13. The van der Waals surface area contributed by atoms with Gasteiger partial charge < -0.3 is 24.8 Å². The Kier molecular flexibility index (Phi) is 9.55. The van der Waals surface area contributed by atoms with Crippen LogP contribution in [0.4, 0.5) is 0 Å². The minimum atomic E-state index is -1.93. The normalized spacial score (nSPS) is 18.5. The van der Waals surface area contributed by atoms with Crippen molar-refractivity contribution in [3.63, 3.8) is 0 Å². The van der Waals surface area contributed by atoms with Crippen LogP contribution in [-0.2, 0) is 23.7 Å². The van der Waals surface area contributed by atoms with Gasteiger partial charge in [-0.1, -0.05) is 43.6 Å². The molecule has 9 nitrogen and oxygen atoms in total. The SMILES string of the molecule is C=C(O)CC1(CC(=O)O)OB([C@@H](CC(=O)CNC(=O)c2cc(Cl)ccc2Cl)CC(C)C)OC1=O. The van der Waals surface area contributed by atoms with Crippen LogP contribution in [0.2, 0.25) is 15.9 Å². The lowest BCUT2D eigenvalue weighted by molar-refractivity contribution is -0.152. The van der Waals surface area contributed by atoms with Gasteiger partial charge in [-0.25, -0.2) is 0 Å². The van der Waals surface area contributed by atoms with Gasteiger partial charge >= 0.3 is 19.1 Å². The third-order valence-corrected chi connectivity index (χ3v) is 5.70. The number of aliphatic carboxylic acids is 1. The summed E-state index contributed by atoms with van der Waals surface area (Å²) in [5, 5.41) is 21.8. The molecule has 0 aliphatic carbocycles. The molecule has 34 heavy (non-hydrogen) atoms. The molecule has 1 heterocycles. The standard InChI is InChI=1S/C22H26BCl2NO8/c1-12(2)6-14(23-33-21(32)22(34-23,9-13(3)27)10-19(29)30)7-16(28)11-26-20(31)17-8-15(24)4-5-18(17)25/h4-5,8,12,14,27H,3,6-7,9-11H2,1-2H3,(H,26,31)(H,29,30)/t14-,22?/m1/s1. The lowest BCUT2D eigenvalue weighted by Crippen LogP contribution is -2.40. The Morgan fingerprint density at radius 1 is 1.21 bits per heavy atom. The van der Waals surface area contributed by atoms with E-state index < -0.39 is 55.0 Å². The Bertz CT molecular complexity index is 968. The lowest BCUT2D eigenvalue weighted by Gasteiger charge is -2.24. The van der Waals surface area contributed by atoms with E-state index in [1.54, 1.807) is 0 Å². The van der Waals surface area contributed by atoms with Gasteiger partial charge in [0.15, 0.2) is 11.4 Å². The summed E-state index contributed by atoms with van der Waals surface area (Å²) >= 11 is 11.9. The monoisotopic (exact) mass is 513 g/mol. The van der Waals surface area contributed by atoms with E-state index in [2.05, 4.69) is 11.9 Å². The molecule has 1 aromatic rings. The maximum absolute atomic E-state index is 12.7. The van der Waals surface area contributed by atoms with Crippen LogP contribution < -0.4 is 5.32 Å². The second-order valence-electron chi connectivity index (χ2n) is 8.64. The predicted molar refractivity (Wildman–Crippen MR) is 126 cm³/mol. The zero-order chi connectivity index (χ0) is 25.6. The zero-order valence-electron chi connectivity index (χ0n) is 18.8. The molecule has 0 spiro atoms. The van der Waals surface area contributed by atoms with Crippen molar-refractivity contribution in [2.45, 2.75) is 50.9 Å². The Balaban J connectivity index is 2.10. The molecule has 0 aromatic heterocycles. The highest BCUT2D eigenvalue weighted by molar-refractivity contribution is 6.51. The summed E-state index contributed by atoms with van der Waals surface area (Å²) in [6.45, 7) is 6.80. The molecule has 1 unspecified atom stereocenters. The van der Waals surface area contributed by atoms with Crippen LogP contribution >= 0.6 is 23.2 Å². The average Bonchev–Trinajstić information content (AvgIpc) is 3.01. The van der Waals surface area contributed by atoms with Gasteiger partial charge in [-0.2, -0.15) is 0 Å². The molecule has 3 N–H and O–H groups in total. The first-order chi connectivity index (χ1) is 15.8. The third kappa shape index (κ3) is 7.48. The molecule has 1 aliphatic heterocycles. The number of carboxylic acids is 1. The Hall–Kier alpha value is -2.56.